The van der Waals surface area contributed by atoms with Gasteiger partial charge in [-0.1, -0.05) is 0 Å². The van der Waals surface area contributed by atoms with Crippen molar-refractivity contribution < 1.29 is 8.78 Å². The lowest BCUT2D eigenvalue weighted by atomic mass is 10.3. The van der Waals surface area contributed by atoms with Gasteiger partial charge in [0.05, 0.1) is 16.0 Å². The maximum Gasteiger partial charge on any atom is 0.164 e. The van der Waals surface area contributed by atoms with Gasteiger partial charge in [-0.3, -0.25) is 4.57 Å². The fraction of sp³-hybridized carbons (Fsp3) is 0.0769. The Labute approximate surface area is 140 Å². The molecule has 0 N–H and O–H groups in total. The summed E-state index contributed by atoms with van der Waals surface area (Å²) in [5, 5.41) is 0. The van der Waals surface area contributed by atoms with Crippen LogP contribution in [0.4, 0.5) is 8.78 Å². The van der Waals surface area contributed by atoms with E-state index in [4.69, 9.17) is 11.6 Å². The van der Waals surface area contributed by atoms with Crippen molar-refractivity contribution in [3.8, 4) is 5.69 Å². The van der Waals surface area contributed by atoms with Gasteiger partial charge in [0.15, 0.2) is 5.65 Å². The third-order valence-electron chi connectivity index (χ3n) is 2.88. The lowest BCUT2D eigenvalue weighted by Gasteiger charge is -2.09. The van der Waals surface area contributed by atoms with Crippen molar-refractivity contribution in [2.24, 2.45) is 0 Å². The van der Waals surface area contributed by atoms with Gasteiger partial charge in [0.25, 0.3) is 0 Å². The summed E-state index contributed by atoms with van der Waals surface area (Å²) in [6.45, 7) is 0. The molecule has 0 saturated carbocycles. The number of nitrogens with zero attached hydrogens (tertiary/aromatic N) is 3. The molecule has 0 unspecified atom stereocenters. The molecule has 0 atom stereocenters. The van der Waals surface area contributed by atoms with Crippen LogP contribution in [-0.2, 0) is 5.88 Å². The second-order valence-electron chi connectivity index (χ2n) is 4.21. The number of alkyl halides is 1. The van der Waals surface area contributed by atoms with E-state index in [9.17, 15) is 8.78 Å². The molecule has 3 aromatic rings. The normalized spacial score (nSPS) is 11.3. The molecule has 3 nitrogen and oxygen atoms in total. The van der Waals surface area contributed by atoms with Crippen molar-refractivity contribution >= 4 is 54.6 Å². The number of imidazole rings is 1. The molecule has 8 heteroatoms. The number of benzene rings is 1. The summed E-state index contributed by atoms with van der Waals surface area (Å²) in [5.74, 6) is -0.896. The van der Waals surface area contributed by atoms with E-state index in [2.05, 4.69) is 41.8 Å². The summed E-state index contributed by atoms with van der Waals surface area (Å²) in [6.07, 6.45) is 1.58. The van der Waals surface area contributed by atoms with Gasteiger partial charge in [-0.25, -0.2) is 18.7 Å². The van der Waals surface area contributed by atoms with E-state index >= 15 is 0 Å². The maximum absolute atomic E-state index is 14.1. The van der Waals surface area contributed by atoms with E-state index in [1.165, 1.54) is 10.6 Å². The SMILES string of the molecule is Fc1cc(F)c(-n2c(CCl)nc3cc(Br)cnc32)cc1Br. The Balaban J connectivity index is 2.36. The summed E-state index contributed by atoms with van der Waals surface area (Å²) >= 11 is 12.2. The second kappa shape index (κ2) is 5.62. The van der Waals surface area contributed by atoms with Crippen LogP contribution in [0, 0.1) is 11.6 Å². The minimum absolute atomic E-state index is 0.0718. The Kier molecular flexibility index (Phi) is 3.98. The summed E-state index contributed by atoms with van der Waals surface area (Å²) in [6, 6.07) is 3.90. The first-order chi connectivity index (χ1) is 10.0. The van der Waals surface area contributed by atoms with E-state index in [-0.39, 0.29) is 16.0 Å². The number of pyridine rings is 1. The Bertz CT molecular complexity index is 851. The highest BCUT2D eigenvalue weighted by Crippen LogP contribution is 2.28. The van der Waals surface area contributed by atoms with E-state index in [0.717, 1.165) is 10.5 Å². The predicted molar refractivity (Wildman–Crippen MR) is 83.7 cm³/mol. The smallest absolute Gasteiger partial charge is 0.164 e. The molecule has 0 aliphatic carbocycles. The summed E-state index contributed by atoms with van der Waals surface area (Å²) < 4.78 is 29.9. The van der Waals surface area contributed by atoms with Crippen LogP contribution in [0.5, 0.6) is 0 Å². The fourth-order valence-corrected chi connectivity index (χ4v) is 2.84. The van der Waals surface area contributed by atoms with Crippen molar-refractivity contribution in [2.45, 2.75) is 5.88 Å². The van der Waals surface area contributed by atoms with Crippen LogP contribution in [-0.4, -0.2) is 14.5 Å². The average Bonchev–Trinajstić information content (AvgIpc) is 2.80. The van der Waals surface area contributed by atoms with Crippen molar-refractivity contribution in [1.29, 1.82) is 0 Å². The molecule has 0 bridgehead atoms. The summed E-state index contributed by atoms with van der Waals surface area (Å²) in [7, 11) is 0. The highest BCUT2D eigenvalue weighted by molar-refractivity contribution is 9.10. The molecule has 0 saturated heterocycles. The molecule has 1 aromatic carbocycles. The molecular formula is C13H6Br2ClF2N3. The van der Waals surface area contributed by atoms with Gasteiger partial charge in [-0.05, 0) is 44.0 Å². The summed E-state index contributed by atoms with van der Waals surface area (Å²) in [4.78, 5) is 8.56. The molecule has 3 rings (SSSR count). The Morgan fingerprint density at radius 1 is 1.14 bits per heavy atom. The molecule has 0 amide bonds. The summed E-state index contributed by atoms with van der Waals surface area (Å²) in [5.41, 5.74) is 1.15. The minimum Gasteiger partial charge on any atom is -0.277 e. The van der Waals surface area contributed by atoms with Gasteiger partial charge in [-0.2, -0.15) is 0 Å². The molecule has 0 aliphatic heterocycles. The molecule has 0 fully saturated rings. The van der Waals surface area contributed by atoms with E-state index in [0.29, 0.717) is 17.0 Å². The zero-order chi connectivity index (χ0) is 15.1. The van der Waals surface area contributed by atoms with Crippen LogP contribution in [0.15, 0.2) is 33.3 Å². The van der Waals surface area contributed by atoms with Crippen molar-refractivity contribution in [3.05, 3.63) is 50.8 Å². The Morgan fingerprint density at radius 2 is 1.90 bits per heavy atom. The standard InChI is InChI=1S/C13H6Br2ClF2N3/c14-6-1-10-13(19-5-6)21(12(4-16)20-10)11-2-7(15)8(17)3-9(11)18/h1-3,5H,4H2. The first kappa shape index (κ1) is 14.9. The van der Waals surface area contributed by atoms with Crippen molar-refractivity contribution in [2.75, 3.05) is 0 Å². The lowest BCUT2D eigenvalue weighted by Crippen LogP contribution is -2.04. The molecule has 0 radical (unpaired) electrons. The van der Waals surface area contributed by atoms with Gasteiger partial charge in [0, 0.05) is 16.7 Å². The molecule has 21 heavy (non-hydrogen) atoms. The monoisotopic (exact) mass is 435 g/mol. The predicted octanol–water partition coefficient (Wildman–Crippen LogP) is 4.96. The Hall–Kier alpha value is -1.05. The molecular weight excluding hydrogens is 431 g/mol. The highest BCUT2D eigenvalue weighted by atomic mass is 79.9. The average molecular weight is 437 g/mol. The highest BCUT2D eigenvalue weighted by Gasteiger charge is 2.18. The molecule has 2 heterocycles. The zero-order valence-corrected chi connectivity index (χ0v) is 14.2. The van der Waals surface area contributed by atoms with Gasteiger partial charge < -0.3 is 0 Å². The van der Waals surface area contributed by atoms with Gasteiger partial charge in [-0.15, -0.1) is 11.6 Å². The first-order valence-electron chi connectivity index (χ1n) is 5.75. The molecule has 2 aromatic heterocycles. The maximum atomic E-state index is 14.1. The van der Waals surface area contributed by atoms with Crippen LogP contribution in [0.25, 0.3) is 16.9 Å². The minimum atomic E-state index is -0.717. The second-order valence-corrected chi connectivity index (χ2v) is 6.25. The lowest BCUT2D eigenvalue weighted by molar-refractivity contribution is 0.573. The Morgan fingerprint density at radius 3 is 2.62 bits per heavy atom. The molecule has 108 valence electrons. The zero-order valence-electron chi connectivity index (χ0n) is 10.2. The number of hydrogen-bond donors (Lipinski definition) is 0. The third-order valence-corrected chi connectivity index (χ3v) is 4.16. The van der Waals surface area contributed by atoms with Crippen molar-refractivity contribution in [3.63, 3.8) is 0 Å². The number of fused-ring (bicyclic) bond motifs is 1. The van der Waals surface area contributed by atoms with E-state index < -0.39 is 11.6 Å². The van der Waals surface area contributed by atoms with Crippen LogP contribution in [0.2, 0.25) is 0 Å². The number of halogens is 5. The van der Waals surface area contributed by atoms with E-state index in [1.807, 2.05) is 0 Å². The third kappa shape index (κ3) is 2.58. The van der Waals surface area contributed by atoms with Crippen LogP contribution in [0.3, 0.4) is 0 Å². The quantitative estimate of drug-likeness (QED) is 0.419. The van der Waals surface area contributed by atoms with Gasteiger partial charge in [0.2, 0.25) is 0 Å². The number of aromatic nitrogens is 3. The topological polar surface area (TPSA) is 30.7 Å². The molecule has 0 spiro atoms. The van der Waals surface area contributed by atoms with Crippen LogP contribution >= 0.6 is 43.5 Å². The van der Waals surface area contributed by atoms with E-state index in [1.54, 1.807) is 12.3 Å². The molecule has 0 aliphatic rings. The van der Waals surface area contributed by atoms with Crippen LogP contribution < -0.4 is 0 Å². The first-order valence-corrected chi connectivity index (χ1v) is 7.87. The number of rotatable bonds is 2. The number of hydrogen-bond acceptors (Lipinski definition) is 2. The largest absolute Gasteiger partial charge is 0.277 e. The van der Waals surface area contributed by atoms with Crippen molar-refractivity contribution in [1.82, 2.24) is 14.5 Å². The fourth-order valence-electron chi connectivity index (χ4n) is 2.01. The van der Waals surface area contributed by atoms with Gasteiger partial charge in [0.1, 0.15) is 23.0 Å². The van der Waals surface area contributed by atoms with Gasteiger partial charge >= 0.3 is 0 Å². The van der Waals surface area contributed by atoms with Crippen LogP contribution in [0.1, 0.15) is 5.82 Å².